The van der Waals surface area contributed by atoms with Gasteiger partial charge in [-0.15, -0.1) is 0 Å². The summed E-state index contributed by atoms with van der Waals surface area (Å²) in [7, 11) is 1.45. The molecule has 1 fully saturated rings. The molecule has 2 aromatic heterocycles. The van der Waals surface area contributed by atoms with Gasteiger partial charge in [0.1, 0.15) is 24.2 Å². The van der Waals surface area contributed by atoms with Crippen LogP contribution in [-0.2, 0) is 9.53 Å². The number of nitrogens with zero attached hydrogens (tertiary/aromatic N) is 2. The van der Waals surface area contributed by atoms with Crippen molar-refractivity contribution in [3.05, 3.63) is 99.4 Å². The molecule has 1 saturated heterocycles. The number of benzene rings is 2. The number of rotatable bonds is 7. The number of ether oxygens (including phenoxy) is 1. The number of carbonyl (C=O) groups is 1. The van der Waals surface area contributed by atoms with Crippen LogP contribution in [0, 0.1) is 0 Å². The number of aromatic nitrogens is 1. The first kappa shape index (κ1) is 26.5. The van der Waals surface area contributed by atoms with Crippen LogP contribution in [0.3, 0.4) is 0 Å². The van der Waals surface area contributed by atoms with Crippen LogP contribution in [0.1, 0.15) is 23.5 Å². The van der Waals surface area contributed by atoms with E-state index in [1.54, 1.807) is 24.4 Å². The van der Waals surface area contributed by atoms with Crippen molar-refractivity contribution >= 4 is 69.4 Å². The number of methoxy groups -OCH3 is 1. The molecule has 0 radical (unpaired) electrons. The Morgan fingerprint density at radius 2 is 1.95 bits per heavy atom. The molecule has 1 amide bonds. The van der Waals surface area contributed by atoms with E-state index in [-0.39, 0.29) is 18.6 Å². The molecule has 38 heavy (non-hydrogen) atoms. The van der Waals surface area contributed by atoms with Gasteiger partial charge in [0.05, 0.1) is 32.5 Å². The van der Waals surface area contributed by atoms with Crippen molar-refractivity contribution in [1.29, 1.82) is 0 Å². The van der Waals surface area contributed by atoms with Gasteiger partial charge in [-0.1, -0.05) is 46.9 Å². The highest BCUT2D eigenvalue weighted by Gasteiger charge is 2.42. The van der Waals surface area contributed by atoms with E-state index in [1.165, 1.54) is 7.11 Å². The number of anilines is 2. The summed E-state index contributed by atoms with van der Waals surface area (Å²) in [6.07, 6.45) is 1.73. The molecule has 1 aliphatic heterocycles. The summed E-state index contributed by atoms with van der Waals surface area (Å²) in [5.41, 5.74) is 2.64. The fourth-order valence-corrected chi connectivity index (χ4v) is 5.31. The lowest BCUT2D eigenvalue weighted by Crippen LogP contribution is -2.29. The van der Waals surface area contributed by atoms with Crippen LogP contribution in [0.2, 0.25) is 15.1 Å². The molecule has 5 rings (SSSR count). The summed E-state index contributed by atoms with van der Waals surface area (Å²) in [5, 5.41) is 7.77. The molecule has 2 unspecified atom stereocenters. The Hall–Kier alpha value is -3.14. The van der Waals surface area contributed by atoms with Crippen LogP contribution >= 0.6 is 47.0 Å². The molecule has 0 aliphatic carbocycles. The fourth-order valence-electron chi connectivity index (χ4n) is 4.35. The van der Waals surface area contributed by atoms with Crippen molar-refractivity contribution < 1.29 is 13.9 Å². The number of thiocarbonyl (C=S) groups is 1. The zero-order valence-electron chi connectivity index (χ0n) is 20.0. The predicted octanol–water partition coefficient (Wildman–Crippen LogP) is 7.06. The number of amides is 1. The monoisotopic (exact) mass is 586 g/mol. The third-order valence-electron chi connectivity index (χ3n) is 6.01. The maximum Gasteiger partial charge on any atom is 0.250 e. The van der Waals surface area contributed by atoms with Crippen molar-refractivity contribution in [3.63, 3.8) is 0 Å². The molecular formula is C27H21Cl3N4O3S. The molecule has 194 valence electrons. The maximum atomic E-state index is 12.0. The largest absolute Gasteiger partial charge is 0.459 e. The van der Waals surface area contributed by atoms with Gasteiger partial charge in [0.2, 0.25) is 5.91 Å². The first-order chi connectivity index (χ1) is 18.4. The number of hydrogen-bond donors (Lipinski definition) is 2. The molecule has 2 N–H and O–H groups in total. The van der Waals surface area contributed by atoms with Crippen LogP contribution in [0.4, 0.5) is 11.4 Å². The van der Waals surface area contributed by atoms with Gasteiger partial charge in [-0.25, -0.2) is 0 Å². The molecule has 1 aliphatic rings. The van der Waals surface area contributed by atoms with Gasteiger partial charge < -0.3 is 24.7 Å². The van der Waals surface area contributed by atoms with Gasteiger partial charge >= 0.3 is 0 Å². The Balaban J connectivity index is 1.55. The summed E-state index contributed by atoms with van der Waals surface area (Å²) >= 11 is 25.0. The maximum absolute atomic E-state index is 12.0. The van der Waals surface area contributed by atoms with E-state index in [9.17, 15) is 4.79 Å². The highest BCUT2D eigenvalue weighted by atomic mass is 35.5. The molecule has 11 heteroatoms. The topological polar surface area (TPSA) is 79.6 Å². The second-order valence-electron chi connectivity index (χ2n) is 8.45. The first-order valence-electron chi connectivity index (χ1n) is 11.5. The van der Waals surface area contributed by atoms with Crippen molar-refractivity contribution in [3.8, 4) is 11.3 Å². The Morgan fingerprint density at radius 1 is 1.11 bits per heavy atom. The lowest BCUT2D eigenvalue weighted by Gasteiger charge is -2.26. The number of nitrogens with one attached hydrogen (secondary N) is 2. The van der Waals surface area contributed by atoms with Gasteiger partial charge in [-0.2, -0.15) is 0 Å². The predicted molar refractivity (Wildman–Crippen MR) is 154 cm³/mol. The van der Waals surface area contributed by atoms with Crippen LogP contribution in [0.25, 0.3) is 11.3 Å². The van der Waals surface area contributed by atoms with E-state index >= 15 is 0 Å². The highest BCUT2D eigenvalue weighted by molar-refractivity contribution is 7.80. The average molecular weight is 588 g/mol. The van der Waals surface area contributed by atoms with Crippen molar-refractivity contribution in [2.45, 2.75) is 12.1 Å². The third kappa shape index (κ3) is 5.23. The number of pyridine rings is 1. The summed E-state index contributed by atoms with van der Waals surface area (Å²) in [4.78, 5) is 18.5. The highest BCUT2D eigenvalue weighted by Crippen LogP contribution is 2.44. The lowest BCUT2D eigenvalue weighted by molar-refractivity contribution is -0.119. The second kappa shape index (κ2) is 11.3. The summed E-state index contributed by atoms with van der Waals surface area (Å²) in [5.74, 6) is 0.892. The minimum atomic E-state index is -0.408. The summed E-state index contributed by atoms with van der Waals surface area (Å²) in [6.45, 7) is -0.0799. The van der Waals surface area contributed by atoms with Gasteiger partial charge in [0.25, 0.3) is 0 Å². The van der Waals surface area contributed by atoms with E-state index < -0.39 is 6.04 Å². The first-order valence-corrected chi connectivity index (χ1v) is 13.0. The normalized spacial score (nSPS) is 16.9. The van der Waals surface area contributed by atoms with Crippen LogP contribution in [0.5, 0.6) is 0 Å². The molecule has 0 bridgehead atoms. The molecule has 0 spiro atoms. The Bertz CT molecular complexity index is 1500. The Labute approximate surface area is 239 Å². The van der Waals surface area contributed by atoms with Crippen LogP contribution in [-0.4, -0.2) is 29.7 Å². The molecule has 0 saturated carbocycles. The smallest absolute Gasteiger partial charge is 0.250 e. The van der Waals surface area contributed by atoms with E-state index in [1.807, 2.05) is 53.4 Å². The zero-order valence-corrected chi connectivity index (χ0v) is 23.0. The van der Waals surface area contributed by atoms with E-state index in [0.717, 1.165) is 5.69 Å². The van der Waals surface area contributed by atoms with Gasteiger partial charge in [-0.05, 0) is 66.8 Å². The molecule has 2 aromatic carbocycles. The standard InChI is InChI=1S/C27H21Cl3N4O3S/c1-36-14-23(35)32-19-9-8-15(13-18(19)29)34-26(25(33-27(34)38)20-7-2-3-12-31-20)22-11-10-21(37-22)16-5-4-6-17(28)24(16)30/h2-13,25-26H,14H2,1H3,(H,32,35)(H,33,38). The van der Waals surface area contributed by atoms with Gasteiger partial charge in [0, 0.05) is 24.6 Å². The molecule has 2 atom stereocenters. The molecular weight excluding hydrogens is 567 g/mol. The van der Waals surface area contributed by atoms with Gasteiger partial charge in [0.15, 0.2) is 5.11 Å². The van der Waals surface area contributed by atoms with Crippen LogP contribution in [0.15, 0.2) is 77.3 Å². The number of furan rings is 1. The Morgan fingerprint density at radius 3 is 2.68 bits per heavy atom. The van der Waals surface area contributed by atoms with Crippen molar-refractivity contribution in [1.82, 2.24) is 10.3 Å². The van der Waals surface area contributed by atoms with Crippen molar-refractivity contribution in [2.24, 2.45) is 0 Å². The SMILES string of the molecule is COCC(=O)Nc1ccc(N2C(=S)NC(c3ccccn3)C2c2ccc(-c3cccc(Cl)c3Cl)o2)cc1Cl. The number of carbonyl (C=O) groups excluding carboxylic acids is 1. The van der Waals surface area contributed by atoms with Crippen LogP contribution < -0.4 is 15.5 Å². The number of halogens is 3. The average Bonchev–Trinajstić information content (AvgIpc) is 3.52. The van der Waals surface area contributed by atoms with E-state index in [0.29, 0.717) is 48.6 Å². The minimum absolute atomic E-state index is 0.0799. The second-order valence-corrected chi connectivity index (χ2v) is 10.0. The van der Waals surface area contributed by atoms with Crippen molar-refractivity contribution in [2.75, 3.05) is 23.9 Å². The van der Waals surface area contributed by atoms with E-state index in [4.69, 9.17) is 56.2 Å². The zero-order chi connectivity index (χ0) is 26.8. The van der Waals surface area contributed by atoms with E-state index in [2.05, 4.69) is 15.6 Å². The molecule has 7 nitrogen and oxygen atoms in total. The summed E-state index contributed by atoms with van der Waals surface area (Å²) in [6, 6.07) is 19.4. The van der Waals surface area contributed by atoms with Gasteiger partial charge in [-0.3, -0.25) is 9.78 Å². The Kier molecular flexibility index (Phi) is 7.88. The fraction of sp³-hybridized carbons (Fsp3) is 0.148. The lowest BCUT2D eigenvalue weighted by atomic mass is 10.0. The molecule has 4 aromatic rings. The number of hydrogen-bond acceptors (Lipinski definition) is 5. The summed E-state index contributed by atoms with van der Waals surface area (Å²) < 4.78 is 11.2. The minimum Gasteiger partial charge on any atom is -0.459 e. The molecule has 3 heterocycles. The quantitative estimate of drug-likeness (QED) is 0.224. The third-order valence-corrected chi connectivity index (χ3v) is 7.46.